The Hall–Kier alpha value is -2.21. The Morgan fingerprint density at radius 3 is 2.90 bits per heavy atom. The zero-order valence-corrected chi connectivity index (χ0v) is 12.0. The molecule has 2 aromatic rings. The van der Waals surface area contributed by atoms with Crippen LogP contribution in [0.4, 0.5) is 0 Å². The molecule has 1 amide bonds. The van der Waals surface area contributed by atoms with E-state index in [4.69, 9.17) is 4.74 Å². The lowest BCUT2D eigenvalue weighted by Gasteiger charge is -2.08. The lowest BCUT2D eigenvalue weighted by atomic mass is 10.1. The molecule has 6 nitrogen and oxygen atoms in total. The van der Waals surface area contributed by atoms with Gasteiger partial charge in [0.05, 0.1) is 18.0 Å². The van der Waals surface area contributed by atoms with E-state index in [1.807, 2.05) is 30.3 Å². The highest BCUT2D eigenvalue weighted by Gasteiger charge is 2.20. The van der Waals surface area contributed by atoms with Gasteiger partial charge in [0, 0.05) is 19.1 Å². The number of aryl methyl sites for hydroxylation is 1. The molecule has 0 bridgehead atoms. The maximum Gasteiger partial charge on any atom is 0.273 e. The monoisotopic (exact) mass is 286 g/mol. The molecule has 110 valence electrons. The van der Waals surface area contributed by atoms with Gasteiger partial charge in [0.2, 0.25) is 0 Å². The van der Waals surface area contributed by atoms with Gasteiger partial charge in [-0.2, -0.15) is 9.90 Å². The Morgan fingerprint density at radius 1 is 1.38 bits per heavy atom. The van der Waals surface area contributed by atoms with Crippen LogP contribution in [-0.4, -0.2) is 40.7 Å². The summed E-state index contributed by atoms with van der Waals surface area (Å²) in [6.07, 6.45) is 0.996. The Bertz CT molecular complexity index is 618. The van der Waals surface area contributed by atoms with E-state index in [0.29, 0.717) is 23.9 Å². The van der Waals surface area contributed by atoms with Gasteiger partial charge >= 0.3 is 0 Å². The third-order valence-corrected chi connectivity index (χ3v) is 3.56. The summed E-state index contributed by atoms with van der Waals surface area (Å²) in [5, 5.41) is 11.5. The molecule has 1 aromatic heterocycles. The van der Waals surface area contributed by atoms with Crippen LogP contribution in [0.1, 0.15) is 22.6 Å². The van der Waals surface area contributed by atoms with Crippen molar-refractivity contribution in [1.29, 1.82) is 0 Å². The molecule has 1 fully saturated rings. The van der Waals surface area contributed by atoms with E-state index in [0.717, 1.165) is 25.3 Å². The molecular formula is C15H18N4O2. The zero-order chi connectivity index (χ0) is 14.7. The molecule has 21 heavy (non-hydrogen) atoms. The maximum atomic E-state index is 12.2. The first-order chi connectivity index (χ1) is 10.2. The molecule has 3 rings (SSSR count). The molecule has 1 aliphatic heterocycles. The minimum atomic E-state index is -0.179. The van der Waals surface area contributed by atoms with Crippen molar-refractivity contribution in [2.24, 2.45) is 5.92 Å². The standard InChI is InChI=1S/C15H18N4O2/c1-11-14(15(20)16-9-12-7-8-21-10-12)18-19(17-11)13-5-3-2-4-6-13/h2-6,12H,7-10H2,1H3,(H,16,20)/t12-/m1/s1. The van der Waals surface area contributed by atoms with E-state index in [-0.39, 0.29) is 5.91 Å². The van der Waals surface area contributed by atoms with Crippen LogP contribution >= 0.6 is 0 Å². The second kappa shape index (κ2) is 6.05. The predicted molar refractivity (Wildman–Crippen MR) is 77.4 cm³/mol. The number of carbonyl (C=O) groups excluding carboxylic acids is 1. The molecule has 1 saturated heterocycles. The number of nitrogens with one attached hydrogen (secondary N) is 1. The van der Waals surface area contributed by atoms with Crippen molar-refractivity contribution in [1.82, 2.24) is 20.3 Å². The minimum absolute atomic E-state index is 0.179. The number of para-hydroxylation sites is 1. The Labute approximate surface area is 123 Å². The second-order valence-corrected chi connectivity index (χ2v) is 5.20. The van der Waals surface area contributed by atoms with Crippen LogP contribution in [0.15, 0.2) is 30.3 Å². The van der Waals surface area contributed by atoms with Crippen molar-refractivity contribution in [2.75, 3.05) is 19.8 Å². The third-order valence-electron chi connectivity index (χ3n) is 3.56. The molecule has 1 N–H and O–H groups in total. The first-order valence-electron chi connectivity index (χ1n) is 7.09. The van der Waals surface area contributed by atoms with Gasteiger partial charge in [-0.05, 0) is 25.5 Å². The molecule has 0 unspecified atom stereocenters. The summed E-state index contributed by atoms with van der Waals surface area (Å²) in [6, 6.07) is 9.55. The largest absolute Gasteiger partial charge is 0.381 e. The van der Waals surface area contributed by atoms with E-state index in [9.17, 15) is 4.79 Å². The fourth-order valence-electron chi connectivity index (χ4n) is 2.33. The lowest BCUT2D eigenvalue weighted by molar-refractivity contribution is 0.0939. The number of ether oxygens (including phenoxy) is 1. The van der Waals surface area contributed by atoms with Crippen LogP contribution in [0.3, 0.4) is 0 Å². The van der Waals surface area contributed by atoms with E-state index < -0.39 is 0 Å². The van der Waals surface area contributed by atoms with Crippen molar-refractivity contribution in [2.45, 2.75) is 13.3 Å². The normalized spacial score (nSPS) is 17.9. The zero-order valence-electron chi connectivity index (χ0n) is 12.0. The van der Waals surface area contributed by atoms with Crippen LogP contribution in [-0.2, 0) is 4.74 Å². The summed E-state index contributed by atoms with van der Waals surface area (Å²) < 4.78 is 5.30. The SMILES string of the molecule is Cc1nn(-c2ccccc2)nc1C(=O)NC[C@H]1CCOC1. The van der Waals surface area contributed by atoms with Crippen molar-refractivity contribution >= 4 is 5.91 Å². The Morgan fingerprint density at radius 2 is 2.19 bits per heavy atom. The summed E-state index contributed by atoms with van der Waals surface area (Å²) in [7, 11) is 0. The fraction of sp³-hybridized carbons (Fsp3) is 0.400. The smallest absolute Gasteiger partial charge is 0.273 e. The Kier molecular flexibility index (Phi) is 3.96. The summed E-state index contributed by atoms with van der Waals surface area (Å²) in [5.41, 5.74) is 1.83. The topological polar surface area (TPSA) is 69.0 Å². The summed E-state index contributed by atoms with van der Waals surface area (Å²) in [4.78, 5) is 13.7. The van der Waals surface area contributed by atoms with Crippen molar-refractivity contribution in [3.05, 3.63) is 41.7 Å². The number of carbonyl (C=O) groups is 1. The minimum Gasteiger partial charge on any atom is -0.381 e. The Balaban J connectivity index is 1.70. The number of nitrogens with zero attached hydrogens (tertiary/aromatic N) is 3. The molecule has 1 atom stereocenters. The van der Waals surface area contributed by atoms with Crippen LogP contribution in [0.2, 0.25) is 0 Å². The number of amides is 1. The van der Waals surface area contributed by atoms with Crippen molar-refractivity contribution < 1.29 is 9.53 Å². The van der Waals surface area contributed by atoms with Gasteiger partial charge in [0.1, 0.15) is 0 Å². The van der Waals surface area contributed by atoms with Gasteiger partial charge < -0.3 is 10.1 Å². The number of aromatic nitrogens is 3. The average molecular weight is 286 g/mol. The molecule has 2 heterocycles. The van der Waals surface area contributed by atoms with Gasteiger partial charge in [-0.3, -0.25) is 4.79 Å². The summed E-state index contributed by atoms with van der Waals surface area (Å²) in [6.45, 7) is 3.91. The molecule has 1 aliphatic rings. The van der Waals surface area contributed by atoms with E-state index in [1.165, 1.54) is 4.80 Å². The van der Waals surface area contributed by atoms with E-state index >= 15 is 0 Å². The van der Waals surface area contributed by atoms with Crippen LogP contribution in [0.5, 0.6) is 0 Å². The highest BCUT2D eigenvalue weighted by Crippen LogP contribution is 2.12. The first kappa shape index (κ1) is 13.8. The van der Waals surface area contributed by atoms with Crippen LogP contribution in [0.25, 0.3) is 5.69 Å². The van der Waals surface area contributed by atoms with Gasteiger partial charge in [0.15, 0.2) is 5.69 Å². The third kappa shape index (κ3) is 3.11. The quantitative estimate of drug-likeness (QED) is 0.921. The molecule has 0 spiro atoms. The molecule has 0 radical (unpaired) electrons. The number of rotatable bonds is 4. The van der Waals surface area contributed by atoms with E-state index in [2.05, 4.69) is 15.5 Å². The number of hydrogen-bond donors (Lipinski definition) is 1. The predicted octanol–water partition coefficient (Wildman–Crippen LogP) is 1.34. The average Bonchev–Trinajstić information content (AvgIpc) is 3.15. The molecule has 0 aliphatic carbocycles. The molecule has 0 saturated carbocycles. The summed E-state index contributed by atoms with van der Waals surface area (Å²) in [5.74, 6) is 0.222. The maximum absolute atomic E-state index is 12.2. The van der Waals surface area contributed by atoms with Crippen LogP contribution in [0, 0.1) is 12.8 Å². The van der Waals surface area contributed by atoms with Crippen molar-refractivity contribution in [3.8, 4) is 5.69 Å². The molecule has 6 heteroatoms. The van der Waals surface area contributed by atoms with Gasteiger partial charge in [-0.1, -0.05) is 18.2 Å². The number of benzene rings is 1. The van der Waals surface area contributed by atoms with Crippen molar-refractivity contribution in [3.63, 3.8) is 0 Å². The second-order valence-electron chi connectivity index (χ2n) is 5.20. The van der Waals surface area contributed by atoms with E-state index in [1.54, 1.807) is 6.92 Å². The van der Waals surface area contributed by atoms with Crippen LogP contribution < -0.4 is 5.32 Å². The van der Waals surface area contributed by atoms with Gasteiger partial charge in [-0.25, -0.2) is 0 Å². The first-order valence-corrected chi connectivity index (χ1v) is 7.09. The van der Waals surface area contributed by atoms with Gasteiger partial charge in [-0.15, -0.1) is 5.10 Å². The molecular weight excluding hydrogens is 268 g/mol. The fourth-order valence-corrected chi connectivity index (χ4v) is 2.33. The number of hydrogen-bond acceptors (Lipinski definition) is 4. The highest BCUT2D eigenvalue weighted by molar-refractivity contribution is 5.93. The molecule has 1 aromatic carbocycles. The summed E-state index contributed by atoms with van der Waals surface area (Å²) >= 11 is 0. The lowest BCUT2D eigenvalue weighted by Crippen LogP contribution is -2.30. The highest BCUT2D eigenvalue weighted by atomic mass is 16.5. The van der Waals surface area contributed by atoms with Gasteiger partial charge in [0.25, 0.3) is 5.91 Å².